The van der Waals surface area contributed by atoms with Crippen LogP contribution in [0.2, 0.25) is 0 Å². The third-order valence-corrected chi connectivity index (χ3v) is 8.74. The average molecular weight is 520 g/mol. The van der Waals surface area contributed by atoms with E-state index in [2.05, 4.69) is 156 Å². The topological polar surface area (TPSA) is 4.93 Å². The third-order valence-electron chi connectivity index (χ3n) is 8.74. The lowest BCUT2D eigenvalue weighted by Gasteiger charge is -2.17. The molecule has 0 saturated carbocycles. The third kappa shape index (κ3) is 3.06. The van der Waals surface area contributed by atoms with Crippen LogP contribution < -0.4 is 0 Å². The Balaban J connectivity index is 1.62. The quantitative estimate of drug-likeness (QED) is 0.200. The van der Waals surface area contributed by atoms with Crippen molar-refractivity contribution in [3.8, 4) is 16.8 Å². The van der Waals surface area contributed by atoms with Gasteiger partial charge in [0, 0.05) is 27.1 Å². The summed E-state index contributed by atoms with van der Waals surface area (Å²) in [6, 6.07) is 55.3. The lowest BCUT2D eigenvalue weighted by Crippen LogP contribution is -1.98. The SMILES string of the molecule is c1ccc(-c2ccccc2-n2c3ccccc3c3c4c5ccccc5c5ccccc5c4c4ccccc4c32)cc1. The van der Waals surface area contributed by atoms with Crippen LogP contribution in [-0.4, -0.2) is 4.57 Å². The molecule has 0 saturated heterocycles. The van der Waals surface area contributed by atoms with E-state index in [0.717, 1.165) is 0 Å². The molecule has 0 spiro atoms. The van der Waals surface area contributed by atoms with Crippen LogP contribution in [0.1, 0.15) is 0 Å². The molecule has 0 amide bonds. The van der Waals surface area contributed by atoms with Gasteiger partial charge in [-0.3, -0.25) is 0 Å². The van der Waals surface area contributed by atoms with E-state index in [-0.39, 0.29) is 0 Å². The minimum atomic E-state index is 1.19. The summed E-state index contributed by atoms with van der Waals surface area (Å²) >= 11 is 0. The van der Waals surface area contributed by atoms with Crippen molar-refractivity contribution in [2.45, 2.75) is 0 Å². The molecule has 9 aromatic rings. The van der Waals surface area contributed by atoms with Crippen molar-refractivity contribution in [3.05, 3.63) is 152 Å². The van der Waals surface area contributed by atoms with Gasteiger partial charge in [0.05, 0.1) is 16.7 Å². The van der Waals surface area contributed by atoms with Gasteiger partial charge in [0.1, 0.15) is 0 Å². The Hall–Kier alpha value is -5.40. The van der Waals surface area contributed by atoms with Gasteiger partial charge in [-0.1, -0.05) is 140 Å². The molecular weight excluding hydrogens is 494 g/mol. The molecule has 0 aliphatic heterocycles. The predicted octanol–water partition coefficient (Wildman–Crippen LogP) is 11.1. The number of fused-ring (bicyclic) bond motifs is 13. The van der Waals surface area contributed by atoms with E-state index < -0.39 is 0 Å². The van der Waals surface area contributed by atoms with Gasteiger partial charge in [-0.25, -0.2) is 0 Å². The van der Waals surface area contributed by atoms with Crippen LogP contribution in [0, 0.1) is 0 Å². The first-order chi connectivity index (χ1) is 20.4. The molecule has 41 heavy (non-hydrogen) atoms. The minimum absolute atomic E-state index is 1.19. The summed E-state index contributed by atoms with van der Waals surface area (Å²) in [5.41, 5.74) is 6.12. The van der Waals surface area contributed by atoms with Gasteiger partial charge in [-0.2, -0.15) is 0 Å². The van der Waals surface area contributed by atoms with Crippen molar-refractivity contribution >= 4 is 64.9 Å². The fourth-order valence-electron chi connectivity index (χ4n) is 7.12. The molecule has 1 heterocycles. The average Bonchev–Trinajstić information content (AvgIpc) is 3.40. The molecule has 0 aliphatic carbocycles. The largest absolute Gasteiger partial charge is 0.308 e. The highest BCUT2D eigenvalue weighted by molar-refractivity contribution is 6.42. The van der Waals surface area contributed by atoms with E-state index in [4.69, 9.17) is 0 Å². The van der Waals surface area contributed by atoms with Crippen molar-refractivity contribution in [1.29, 1.82) is 0 Å². The van der Waals surface area contributed by atoms with Gasteiger partial charge in [0.2, 0.25) is 0 Å². The molecule has 0 radical (unpaired) electrons. The first-order valence-electron chi connectivity index (χ1n) is 14.2. The van der Waals surface area contributed by atoms with Crippen LogP contribution in [0.3, 0.4) is 0 Å². The molecule has 1 nitrogen and oxygen atoms in total. The first kappa shape index (κ1) is 22.4. The fraction of sp³-hybridized carbons (Fsp3) is 0. The van der Waals surface area contributed by atoms with E-state index in [1.54, 1.807) is 0 Å². The number of hydrogen-bond acceptors (Lipinski definition) is 0. The van der Waals surface area contributed by atoms with E-state index in [1.807, 2.05) is 0 Å². The molecule has 0 bridgehead atoms. The minimum Gasteiger partial charge on any atom is -0.308 e. The van der Waals surface area contributed by atoms with Gasteiger partial charge in [-0.05, 0) is 50.0 Å². The molecular formula is C40H25N. The Labute approximate surface area is 237 Å². The van der Waals surface area contributed by atoms with Crippen LogP contribution in [0.5, 0.6) is 0 Å². The van der Waals surface area contributed by atoms with E-state index in [9.17, 15) is 0 Å². The van der Waals surface area contributed by atoms with Gasteiger partial charge < -0.3 is 4.57 Å². The van der Waals surface area contributed by atoms with Crippen LogP contribution in [0.4, 0.5) is 0 Å². The van der Waals surface area contributed by atoms with Crippen molar-refractivity contribution < 1.29 is 0 Å². The number of benzene rings is 8. The van der Waals surface area contributed by atoms with E-state index in [1.165, 1.54) is 81.7 Å². The smallest absolute Gasteiger partial charge is 0.0626 e. The summed E-state index contributed by atoms with van der Waals surface area (Å²) in [5, 5.41) is 13.0. The first-order valence-corrected chi connectivity index (χ1v) is 14.2. The second kappa shape index (κ2) is 8.55. The molecule has 0 fully saturated rings. The van der Waals surface area contributed by atoms with Gasteiger partial charge in [-0.15, -0.1) is 0 Å². The summed E-state index contributed by atoms with van der Waals surface area (Å²) in [5.74, 6) is 0. The Morgan fingerprint density at radius 2 is 0.805 bits per heavy atom. The maximum Gasteiger partial charge on any atom is 0.0626 e. The Morgan fingerprint density at radius 3 is 1.51 bits per heavy atom. The highest BCUT2D eigenvalue weighted by Gasteiger charge is 2.22. The summed E-state index contributed by atoms with van der Waals surface area (Å²) in [4.78, 5) is 0. The summed E-state index contributed by atoms with van der Waals surface area (Å²) in [6.45, 7) is 0. The molecule has 0 aliphatic rings. The van der Waals surface area contributed by atoms with Crippen molar-refractivity contribution in [2.24, 2.45) is 0 Å². The van der Waals surface area contributed by atoms with Gasteiger partial charge >= 0.3 is 0 Å². The van der Waals surface area contributed by atoms with Crippen molar-refractivity contribution in [3.63, 3.8) is 0 Å². The van der Waals surface area contributed by atoms with Gasteiger partial charge in [0.15, 0.2) is 0 Å². The number of rotatable bonds is 2. The summed E-state index contributed by atoms with van der Waals surface area (Å²) < 4.78 is 2.51. The van der Waals surface area contributed by atoms with Crippen molar-refractivity contribution in [2.75, 3.05) is 0 Å². The van der Waals surface area contributed by atoms with Crippen LogP contribution in [-0.2, 0) is 0 Å². The zero-order valence-corrected chi connectivity index (χ0v) is 22.4. The lowest BCUT2D eigenvalue weighted by atomic mass is 9.88. The second-order valence-electron chi connectivity index (χ2n) is 10.8. The molecule has 0 N–H and O–H groups in total. The maximum atomic E-state index is 2.51. The second-order valence-corrected chi connectivity index (χ2v) is 10.8. The van der Waals surface area contributed by atoms with Crippen LogP contribution >= 0.6 is 0 Å². The Kier molecular flexibility index (Phi) is 4.67. The zero-order chi connectivity index (χ0) is 26.9. The van der Waals surface area contributed by atoms with Crippen LogP contribution in [0.25, 0.3) is 81.7 Å². The standard InChI is InChI=1S/C40H25N/c1-2-14-26(15-3-1)27-16-10-12-24-35(27)41-36-25-13-11-23-34(36)39-38-31-20-7-5-18-29(31)28-17-4-6-19-30(28)37(38)32-21-8-9-22-33(32)40(39)41/h1-25H. The Morgan fingerprint density at radius 1 is 0.317 bits per heavy atom. The summed E-state index contributed by atoms with van der Waals surface area (Å²) in [6.07, 6.45) is 0. The molecule has 9 rings (SSSR count). The molecule has 1 heteroatoms. The highest BCUT2D eigenvalue weighted by atomic mass is 15.0. The maximum absolute atomic E-state index is 2.51. The van der Waals surface area contributed by atoms with Crippen LogP contribution in [0.15, 0.2) is 152 Å². The number of para-hydroxylation sites is 2. The number of hydrogen-bond donors (Lipinski definition) is 0. The monoisotopic (exact) mass is 519 g/mol. The van der Waals surface area contributed by atoms with E-state index in [0.29, 0.717) is 0 Å². The van der Waals surface area contributed by atoms with Gasteiger partial charge in [0.25, 0.3) is 0 Å². The zero-order valence-electron chi connectivity index (χ0n) is 22.4. The Bertz CT molecular complexity index is 2460. The molecule has 1 aromatic heterocycles. The lowest BCUT2D eigenvalue weighted by molar-refractivity contribution is 1.19. The fourth-order valence-corrected chi connectivity index (χ4v) is 7.12. The summed E-state index contributed by atoms with van der Waals surface area (Å²) in [7, 11) is 0. The van der Waals surface area contributed by atoms with Crippen molar-refractivity contribution in [1.82, 2.24) is 4.57 Å². The predicted molar refractivity (Wildman–Crippen MR) is 176 cm³/mol. The number of nitrogens with zero attached hydrogens (tertiary/aromatic N) is 1. The molecule has 0 unspecified atom stereocenters. The molecule has 8 aromatic carbocycles. The normalized spacial score (nSPS) is 11.9. The molecule has 190 valence electrons. The molecule has 0 atom stereocenters. The number of aromatic nitrogens is 1. The highest BCUT2D eigenvalue weighted by Crippen LogP contribution is 2.48. The van der Waals surface area contributed by atoms with E-state index >= 15 is 0 Å².